The Labute approximate surface area is 117 Å². The van der Waals surface area contributed by atoms with Crippen LogP contribution in [0, 0.1) is 11.6 Å². The molecule has 6 heteroatoms. The zero-order chi connectivity index (χ0) is 14.2. The van der Waals surface area contributed by atoms with Crippen LogP contribution in [0.2, 0.25) is 10.0 Å². The number of ketones is 1. The molecule has 0 aromatic heterocycles. The van der Waals surface area contributed by atoms with Gasteiger partial charge in [-0.25, -0.2) is 8.78 Å². The Morgan fingerprint density at radius 2 is 1.63 bits per heavy atom. The standard InChI is InChI=1S/C13H7Cl2F2NO/c14-8-2-1-6(3-9(8)15)13(19)7-4-10(16)11(17)5-12(7)18/h1-5H,18H2. The zero-order valence-corrected chi connectivity index (χ0v) is 10.9. The van der Waals surface area contributed by atoms with Crippen LogP contribution in [0.4, 0.5) is 14.5 Å². The maximum Gasteiger partial charge on any atom is 0.195 e. The predicted molar refractivity (Wildman–Crippen MR) is 70.7 cm³/mol. The highest BCUT2D eigenvalue weighted by atomic mass is 35.5. The van der Waals surface area contributed by atoms with Gasteiger partial charge in [-0.05, 0) is 24.3 Å². The molecule has 0 atom stereocenters. The first-order valence-electron chi connectivity index (χ1n) is 5.14. The van der Waals surface area contributed by atoms with Crippen LogP contribution < -0.4 is 5.73 Å². The van der Waals surface area contributed by atoms with Crippen LogP contribution in [0.3, 0.4) is 0 Å². The minimum Gasteiger partial charge on any atom is -0.398 e. The number of rotatable bonds is 2. The molecule has 0 radical (unpaired) electrons. The normalized spacial score (nSPS) is 10.5. The second kappa shape index (κ2) is 5.15. The van der Waals surface area contributed by atoms with Gasteiger partial charge in [0.05, 0.1) is 10.0 Å². The number of anilines is 1. The van der Waals surface area contributed by atoms with Crippen molar-refractivity contribution < 1.29 is 13.6 Å². The van der Waals surface area contributed by atoms with E-state index in [1.54, 1.807) is 0 Å². The zero-order valence-electron chi connectivity index (χ0n) is 9.38. The lowest BCUT2D eigenvalue weighted by Gasteiger charge is -2.06. The number of hydrogen-bond acceptors (Lipinski definition) is 2. The Bertz CT molecular complexity index is 674. The molecule has 0 aliphatic heterocycles. The summed E-state index contributed by atoms with van der Waals surface area (Å²) in [5.41, 5.74) is 5.43. The first-order valence-corrected chi connectivity index (χ1v) is 5.90. The maximum atomic E-state index is 13.1. The number of nitrogen functional groups attached to an aromatic ring is 1. The molecule has 19 heavy (non-hydrogen) atoms. The van der Waals surface area contributed by atoms with Crippen molar-refractivity contribution in [3.05, 3.63) is 63.1 Å². The van der Waals surface area contributed by atoms with E-state index in [0.717, 1.165) is 12.1 Å². The van der Waals surface area contributed by atoms with E-state index < -0.39 is 17.4 Å². The van der Waals surface area contributed by atoms with Crippen LogP contribution in [-0.2, 0) is 0 Å². The van der Waals surface area contributed by atoms with Gasteiger partial charge in [0.2, 0.25) is 0 Å². The molecule has 0 amide bonds. The molecule has 2 rings (SSSR count). The van der Waals surface area contributed by atoms with E-state index in [1.807, 2.05) is 0 Å². The molecule has 0 aliphatic carbocycles. The van der Waals surface area contributed by atoms with Gasteiger partial charge in [-0.15, -0.1) is 0 Å². The van der Waals surface area contributed by atoms with E-state index in [2.05, 4.69) is 0 Å². The monoisotopic (exact) mass is 301 g/mol. The minimum absolute atomic E-state index is 0.128. The van der Waals surface area contributed by atoms with Crippen LogP contribution >= 0.6 is 23.2 Å². The quantitative estimate of drug-likeness (QED) is 0.671. The van der Waals surface area contributed by atoms with Gasteiger partial charge in [0.15, 0.2) is 17.4 Å². The van der Waals surface area contributed by atoms with Crippen LogP contribution in [-0.4, -0.2) is 5.78 Å². The summed E-state index contributed by atoms with van der Waals surface area (Å²) in [7, 11) is 0. The highest BCUT2D eigenvalue weighted by Crippen LogP contribution is 2.26. The molecule has 0 spiro atoms. The van der Waals surface area contributed by atoms with Crippen molar-refractivity contribution in [3.8, 4) is 0 Å². The Morgan fingerprint density at radius 1 is 1.00 bits per heavy atom. The Kier molecular flexibility index (Phi) is 3.73. The molecule has 2 nitrogen and oxygen atoms in total. The molecule has 2 N–H and O–H groups in total. The van der Waals surface area contributed by atoms with Gasteiger partial charge >= 0.3 is 0 Å². The van der Waals surface area contributed by atoms with Crippen LogP contribution in [0.5, 0.6) is 0 Å². The molecule has 2 aromatic rings. The Hall–Kier alpha value is -1.65. The van der Waals surface area contributed by atoms with Crippen LogP contribution in [0.1, 0.15) is 15.9 Å². The third kappa shape index (κ3) is 2.69. The molecular weight excluding hydrogens is 295 g/mol. The smallest absolute Gasteiger partial charge is 0.195 e. The molecule has 0 aliphatic rings. The van der Waals surface area contributed by atoms with Crippen molar-refractivity contribution in [1.82, 2.24) is 0 Å². The molecule has 0 heterocycles. The number of halogens is 4. The predicted octanol–water partition coefficient (Wildman–Crippen LogP) is 4.08. The highest BCUT2D eigenvalue weighted by molar-refractivity contribution is 6.42. The summed E-state index contributed by atoms with van der Waals surface area (Å²) >= 11 is 11.5. The molecule has 0 saturated carbocycles. The lowest BCUT2D eigenvalue weighted by Crippen LogP contribution is -2.07. The van der Waals surface area contributed by atoms with E-state index in [1.165, 1.54) is 18.2 Å². The lowest BCUT2D eigenvalue weighted by atomic mass is 10.0. The van der Waals surface area contributed by atoms with Crippen molar-refractivity contribution >= 4 is 34.7 Å². The second-order valence-electron chi connectivity index (χ2n) is 3.81. The number of benzene rings is 2. The van der Waals surface area contributed by atoms with Crippen molar-refractivity contribution in [2.45, 2.75) is 0 Å². The molecular formula is C13H7Cl2F2NO. The van der Waals surface area contributed by atoms with E-state index in [9.17, 15) is 13.6 Å². The lowest BCUT2D eigenvalue weighted by molar-refractivity contribution is 0.103. The van der Waals surface area contributed by atoms with Gasteiger partial charge in [0, 0.05) is 22.9 Å². The number of carbonyl (C=O) groups excluding carboxylic acids is 1. The fourth-order valence-electron chi connectivity index (χ4n) is 1.55. The average molecular weight is 302 g/mol. The van der Waals surface area contributed by atoms with E-state index in [0.29, 0.717) is 0 Å². The van der Waals surface area contributed by atoms with Gasteiger partial charge in [-0.1, -0.05) is 23.2 Å². The summed E-state index contributed by atoms with van der Waals surface area (Å²) in [6.07, 6.45) is 0. The van der Waals surface area contributed by atoms with Gasteiger partial charge in [0.1, 0.15) is 0 Å². The Balaban J connectivity index is 2.49. The minimum atomic E-state index is -1.14. The average Bonchev–Trinajstić information content (AvgIpc) is 2.36. The molecule has 0 unspecified atom stereocenters. The van der Waals surface area contributed by atoms with Gasteiger partial charge in [-0.2, -0.15) is 0 Å². The summed E-state index contributed by atoms with van der Waals surface area (Å²) in [5, 5.41) is 0.477. The summed E-state index contributed by atoms with van der Waals surface area (Å²) in [6.45, 7) is 0. The summed E-state index contributed by atoms with van der Waals surface area (Å²) < 4.78 is 26.1. The molecule has 0 fully saturated rings. The van der Waals surface area contributed by atoms with Crippen LogP contribution in [0.25, 0.3) is 0 Å². The number of nitrogens with two attached hydrogens (primary N) is 1. The molecule has 0 saturated heterocycles. The van der Waals surface area contributed by atoms with E-state index in [-0.39, 0.29) is 26.9 Å². The number of carbonyl (C=O) groups is 1. The summed E-state index contributed by atoms with van der Waals surface area (Å²) in [4.78, 5) is 12.1. The van der Waals surface area contributed by atoms with Crippen molar-refractivity contribution in [2.75, 3.05) is 5.73 Å². The highest BCUT2D eigenvalue weighted by Gasteiger charge is 2.16. The molecule has 0 bridgehead atoms. The third-order valence-corrected chi connectivity index (χ3v) is 3.26. The SMILES string of the molecule is Nc1cc(F)c(F)cc1C(=O)c1ccc(Cl)c(Cl)c1. The van der Waals surface area contributed by atoms with Gasteiger partial charge < -0.3 is 5.73 Å². The third-order valence-electron chi connectivity index (χ3n) is 2.52. The first kappa shape index (κ1) is 13.8. The fourth-order valence-corrected chi connectivity index (χ4v) is 1.85. The van der Waals surface area contributed by atoms with Crippen molar-refractivity contribution in [3.63, 3.8) is 0 Å². The summed E-state index contributed by atoms with van der Waals surface area (Å²) in [5.74, 6) is -2.81. The number of hydrogen-bond donors (Lipinski definition) is 1. The van der Waals surface area contributed by atoms with Gasteiger partial charge in [0.25, 0.3) is 0 Å². The van der Waals surface area contributed by atoms with E-state index >= 15 is 0 Å². The Morgan fingerprint density at radius 3 is 2.26 bits per heavy atom. The van der Waals surface area contributed by atoms with E-state index in [4.69, 9.17) is 28.9 Å². The molecule has 2 aromatic carbocycles. The molecule has 98 valence electrons. The second-order valence-corrected chi connectivity index (χ2v) is 4.63. The first-order chi connectivity index (χ1) is 8.90. The van der Waals surface area contributed by atoms with Crippen molar-refractivity contribution in [1.29, 1.82) is 0 Å². The van der Waals surface area contributed by atoms with Crippen LogP contribution in [0.15, 0.2) is 30.3 Å². The largest absolute Gasteiger partial charge is 0.398 e. The van der Waals surface area contributed by atoms with Gasteiger partial charge in [-0.3, -0.25) is 4.79 Å². The maximum absolute atomic E-state index is 13.1. The topological polar surface area (TPSA) is 43.1 Å². The fraction of sp³-hybridized carbons (Fsp3) is 0. The summed E-state index contributed by atoms with van der Waals surface area (Å²) in [6, 6.07) is 5.73. The van der Waals surface area contributed by atoms with Crippen molar-refractivity contribution in [2.24, 2.45) is 0 Å².